The van der Waals surface area contributed by atoms with Crippen LogP contribution in [0.25, 0.3) is 0 Å². The lowest BCUT2D eigenvalue weighted by atomic mass is 10.3. The van der Waals surface area contributed by atoms with Crippen LogP contribution in [0.5, 0.6) is 5.75 Å². The molecule has 0 saturated heterocycles. The second kappa shape index (κ2) is 6.75. The maximum absolute atomic E-state index is 10.5. The van der Waals surface area contributed by atoms with Crippen LogP contribution in [0.2, 0.25) is 10.0 Å². The van der Waals surface area contributed by atoms with Crippen molar-refractivity contribution in [3.05, 3.63) is 50.8 Å². The van der Waals surface area contributed by atoms with Crippen molar-refractivity contribution in [1.82, 2.24) is 9.78 Å². The zero-order valence-electron chi connectivity index (χ0n) is 10.6. The zero-order chi connectivity index (χ0) is 15.4. The SMILES string of the molecule is O=[N+]([O-])c1cnn(CC(O)COc2cc(Cl)ccc2Cl)c1. The van der Waals surface area contributed by atoms with E-state index < -0.39 is 11.0 Å². The molecule has 1 heterocycles. The average Bonchev–Trinajstić information content (AvgIpc) is 2.88. The Labute approximate surface area is 129 Å². The first-order valence-electron chi connectivity index (χ1n) is 5.88. The molecule has 1 atom stereocenters. The van der Waals surface area contributed by atoms with E-state index in [0.29, 0.717) is 15.8 Å². The fourth-order valence-electron chi connectivity index (χ4n) is 1.59. The van der Waals surface area contributed by atoms with Crippen LogP contribution >= 0.6 is 23.2 Å². The van der Waals surface area contributed by atoms with Crippen LogP contribution in [0.15, 0.2) is 30.6 Å². The number of halogens is 2. The van der Waals surface area contributed by atoms with Gasteiger partial charge in [0, 0.05) is 11.1 Å². The Morgan fingerprint density at radius 3 is 2.90 bits per heavy atom. The number of aliphatic hydroxyl groups is 1. The van der Waals surface area contributed by atoms with Gasteiger partial charge in [-0.2, -0.15) is 5.10 Å². The van der Waals surface area contributed by atoms with Gasteiger partial charge in [-0.05, 0) is 12.1 Å². The summed E-state index contributed by atoms with van der Waals surface area (Å²) in [7, 11) is 0. The van der Waals surface area contributed by atoms with Gasteiger partial charge in [0.2, 0.25) is 0 Å². The van der Waals surface area contributed by atoms with Gasteiger partial charge in [-0.1, -0.05) is 23.2 Å². The van der Waals surface area contributed by atoms with Crippen LogP contribution in [0.4, 0.5) is 5.69 Å². The summed E-state index contributed by atoms with van der Waals surface area (Å²) in [4.78, 5) is 9.96. The number of aliphatic hydroxyl groups excluding tert-OH is 1. The van der Waals surface area contributed by atoms with Crippen LogP contribution in [-0.2, 0) is 6.54 Å². The van der Waals surface area contributed by atoms with Gasteiger partial charge < -0.3 is 9.84 Å². The first kappa shape index (κ1) is 15.6. The molecular weight excluding hydrogens is 321 g/mol. The standard InChI is InChI=1S/C12H11Cl2N3O4/c13-8-1-2-11(14)12(3-8)21-7-10(18)6-16-5-9(4-15-16)17(19)20/h1-5,10,18H,6-7H2. The molecule has 0 aliphatic carbocycles. The second-order valence-corrected chi connectivity index (χ2v) is 5.06. The molecule has 0 spiro atoms. The lowest BCUT2D eigenvalue weighted by molar-refractivity contribution is -0.385. The quantitative estimate of drug-likeness (QED) is 0.648. The Balaban J connectivity index is 1.90. The summed E-state index contributed by atoms with van der Waals surface area (Å²) < 4.78 is 6.63. The topological polar surface area (TPSA) is 90.4 Å². The van der Waals surface area contributed by atoms with E-state index in [2.05, 4.69) is 5.10 Å². The van der Waals surface area contributed by atoms with Crippen LogP contribution < -0.4 is 4.74 Å². The van der Waals surface area contributed by atoms with Gasteiger partial charge >= 0.3 is 5.69 Å². The molecule has 21 heavy (non-hydrogen) atoms. The molecule has 0 amide bonds. The van der Waals surface area contributed by atoms with E-state index >= 15 is 0 Å². The van der Waals surface area contributed by atoms with E-state index in [1.54, 1.807) is 12.1 Å². The third-order valence-corrected chi connectivity index (χ3v) is 3.10. The molecule has 2 rings (SSSR count). The van der Waals surface area contributed by atoms with Gasteiger partial charge in [0.1, 0.15) is 30.9 Å². The molecule has 112 valence electrons. The normalized spacial score (nSPS) is 12.1. The molecule has 1 aromatic carbocycles. The van der Waals surface area contributed by atoms with Crippen molar-refractivity contribution in [1.29, 1.82) is 0 Å². The van der Waals surface area contributed by atoms with Crippen molar-refractivity contribution in [3.63, 3.8) is 0 Å². The first-order valence-corrected chi connectivity index (χ1v) is 6.64. The highest BCUT2D eigenvalue weighted by molar-refractivity contribution is 6.34. The van der Waals surface area contributed by atoms with Gasteiger partial charge in [-0.3, -0.25) is 14.8 Å². The molecule has 2 aromatic rings. The van der Waals surface area contributed by atoms with Gasteiger partial charge in [0.05, 0.1) is 16.5 Å². The number of aromatic nitrogens is 2. The molecule has 1 unspecified atom stereocenters. The van der Waals surface area contributed by atoms with E-state index in [0.717, 1.165) is 6.20 Å². The molecule has 0 bridgehead atoms. The predicted octanol–water partition coefficient (Wildman–Crippen LogP) is 2.54. The van der Waals surface area contributed by atoms with Gasteiger partial charge in [-0.15, -0.1) is 0 Å². The summed E-state index contributed by atoms with van der Waals surface area (Å²) in [6, 6.07) is 4.74. The fraction of sp³-hybridized carbons (Fsp3) is 0.250. The van der Waals surface area contributed by atoms with E-state index in [4.69, 9.17) is 27.9 Å². The average molecular weight is 332 g/mol. The molecule has 7 nitrogen and oxygen atoms in total. The number of ether oxygens (including phenoxy) is 1. The van der Waals surface area contributed by atoms with Gasteiger partial charge in [-0.25, -0.2) is 0 Å². The van der Waals surface area contributed by atoms with Crippen molar-refractivity contribution in [2.24, 2.45) is 0 Å². The van der Waals surface area contributed by atoms with Crippen LogP contribution in [0.3, 0.4) is 0 Å². The minimum Gasteiger partial charge on any atom is -0.489 e. The van der Waals surface area contributed by atoms with Crippen LogP contribution in [0.1, 0.15) is 0 Å². The largest absolute Gasteiger partial charge is 0.489 e. The maximum Gasteiger partial charge on any atom is 0.306 e. The van der Waals surface area contributed by atoms with Crippen LogP contribution in [-0.4, -0.2) is 32.5 Å². The summed E-state index contributed by atoms with van der Waals surface area (Å²) in [6.07, 6.45) is 1.44. The van der Waals surface area contributed by atoms with Gasteiger partial charge in [0.25, 0.3) is 0 Å². The Hall–Kier alpha value is -1.83. The number of hydrogen-bond donors (Lipinski definition) is 1. The number of benzene rings is 1. The minimum atomic E-state index is -0.903. The summed E-state index contributed by atoms with van der Waals surface area (Å²) in [6.45, 7) is 0.0136. The predicted molar refractivity (Wildman–Crippen MR) is 76.8 cm³/mol. The third kappa shape index (κ3) is 4.32. The van der Waals surface area contributed by atoms with E-state index in [-0.39, 0.29) is 18.8 Å². The summed E-state index contributed by atoms with van der Waals surface area (Å²) in [5, 5.41) is 25.0. The lowest BCUT2D eigenvalue weighted by Gasteiger charge is -2.13. The van der Waals surface area contributed by atoms with Crippen molar-refractivity contribution in [2.75, 3.05) is 6.61 Å². The summed E-state index contributed by atoms with van der Waals surface area (Å²) in [5.41, 5.74) is -0.138. The van der Waals surface area contributed by atoms with Crippen molar-refractivity contribution < 1.29 is 14.8 Å². The van der Waals surface area contributed by atoms with Crippen LogP contribution in [0, 0.1) is 10.1 Å². The Morgan fingerprint density at radius 1 is 1.48 bits per heavy atom. The highest BCUT2D eigenvalue weighted by Crippen LogP contribution is 2.27. The number of nitro groups is 1. The molecule has 0 fully saturated rings. The van der Waals surface area contributed by atoms with E-state index in [1.165, 1.54) is 16.9 Å². The van der Waals surface area contributed by atoms with Crippen molar-refractivity contribution >= 4 is 28.9 Å². The van der Waals surface area contributed by atoms with Gasteiger partial charge in [0.15, 0.2) is 0 Å². The Morgan fingerprint density at radius 2 is 2.24 bits per heavy atom. The molecule has 0 radical (unpaired) electrons. The zero-order valence-corrected chi connectivity index (χ0v) is 12.2. The fourth-order valence-corrected chi connectivity index (χ4v) is 1.92. The maximum atomic E-state index is 10.5. The number of nitrogens with zero attached hydrogens (tertiary/aromatic N) is 3. The molecular formula is C12H11Cl2N3O4. The Kier molecular flexibility index (Phi) is 5.00. The lowest BCUT2D eigenvalue weighted by Crippen LogP contribution is -2.23. The third-order valence-electron chi connectivity index (χ3n) is 2.55. The molecule has 1 N–H and O–H groups in total. The highest BCUT2D eigenvalue weighted by atomic mass is 35.5. The molecule has 0 aliphatic rings. The summed E-state index contributed by atoms with van der Waals surface area (Å²) >= 11 is 11.7. The van der Waals surface area contributed by atoms with Crippen molar-refractivity contribution in [3.8, 4) is 5.75 Å². The molecule has 0 aliphatic heterocycles. The summed E-state index contributed by atoms with van der Waals surface area (Å²) in [5.74, 6) is 0.356. The number of hydrogen-bond acceptors (Lipinski definition) is 5. The first-order chi connectivity index (χ1) is 9.95. The number of rotatable bonds is 6. The second-order valence-electron chi connectivity index (χ2n) is 4.22. The van der Waals surface area contributed by atoms with E-state index in [9.17, 15) is 15.2 Å². The monoisotopic (exact) mass is 331 g/mol. The molecule has 9 heteroatoms. The molecule has 0 saturated carbocycles. The van der Waals surface area contributed by atoms with E-state index in [1.807, 2.05) is 0 Å². The smallest absolute Gasteiger partial charge is 0.306 e. The van der Waals surface area contributed by atoms with Crippen molar-refractivity contribution in [2.45, 2.75) is 12.6 Å². The minimum absolute atomic E-state index is 0.0479. The molecule has 1 aromatic heterocycles. The Bertz CT molecular complexity index is 647. The highest BCUT2D eigenvalue weighted by Gasteiger charge is 2.13.